The minimum Gasteiger partial charge on any atom is -0.383 e. The molecule has 0 fully saturated rings. The van der Waals surface area contributed by atoms with Crippen molar-refractivity contribution in [3.63, 3.8) is 0 Å². The summed E-state index contributed by atoms with van der Waals surface area (Å²) in [5.74, 6) is -1.14. The van der Waals surface area contributed by atoms with E-state index < -0.39 is 5.91 Å². The Labute approximate surface area is 151 Å². The second kappa shape index (κ2) is 7.33. The van der Waals surface area contributed by atoms with Gasteiger partial charge in [-0.15, -0.1) is 0 Å². The van der Waals surface area contributed by atoms with Crippen LogP contribution in [0, 0.1) is 0 Å². The van der Waals surface area contributed by atoms with Crippen LogP contribution in [0.25, 0.3) is 6.08 Å². The highest BCUT2D eigenvalue weighted by Gasteiger charge is 2.35. The summed E-state index contributed by atoms with van der Waals surface area (Å²) in [4.78, 5) is 38.3. The molecule has 6 nitrogen and oxygen atoms in total. The number of benzene rings is 2. The van der Waals surface area contributed by atoms with E-state index in [-0.39, 0.29) is 30.5 Å². The van der Waals surface area contributed by atoms with Crippen molar-refractivity contribution in [2.24, 2.45) is 0 Å². The highest BCUT2D eigenvalue weighted by molar-refractivity contribution is 6.22. The Morgan fingerprint density at radius 2 is 1.92 bits per heavy atom. The number of rotatable bonds is 6. The van der Waals surface area contributed by atoms with Gasteiger partial charge in [0.15, 0.2) is 0 Å². The predicted octanol–water partition coefficient (Wildman–Crippen LogP) is 2.82. The first-order valence-electron chi connectivity index (χ1n) is 8.08. The number of ether oxygens (including phenoxy) is 1. The molecule has 0 atom stereocenters. The molecule has 2 aromatic carbocycles. The zero-order valence-electron chi connectivity index (χ0n) is 14.3. The summed E-state index contributed by atoms with van der Waals surface area (Å²) in [6, 6.07) is 11.7. The van der Waals surface area contributed by atoms with Crippen LogP contribution in [0.2, 0.25) is 0 Å². The van der Waals surface area contributed by atoms with Gasteiger partial charge in [-0.3, -0.25) is 19.3 Å². The molecular weight excluding hydrogens is 332 g/mol. The third-order valence-corrected chi connectivity index (χ3v) is 4.13. The molecule has 2 aromatic rings. The molecule has 6 heteroatoms. The second-order valence-electron chi connectivity index (χ2n) is 5.80. The van der Waals surface area contributed by atoms with Gasteiger partial charge < -0.3 is 10.1 Å². The molecule has 0 aliphatic carbocycles. The average Bonchev–Trinajstić information content (AvgIpc) is 2.90. The molecule has 0 radical (unpaired) electrons. The Kier molecular flexibility index (Phi) is 4.95. The van der Waals surface area contributed by atoms with Crippen LogP contribution in [0.5, 0.6) is 0 Å². The lowest BCUT2D eigenvalue weighted by Crippen LogP contribution is -2.32. The van der Waals surface area contributed by atoms with E-state index in [0.717, 1.165) is 10.5 Å². The van der Waals surface area contributed by atoms with E-state index in [0.29, 0.717) is 16.8 Å². The second-order valence-corrected chi connectivity index (χ2v) is 5.80. The van der Waals surface area contributed by atoms with Gasteiger partial charge in [-0.05, 0) is 35.9 Å². The summed E-state index contributed by atoms with van der Waals surface area (Å²) in [7, 11) is 1.50. The molecular formula is C20H18N2O4. The third kappa shape index (κ3) is 3.27. The monoisotopic (exact) mass is 350 g/mol. The molecule has 1 aliphatic heterocycles. The van der Waals surface area contributed by atoms with Crippen LogP contribution in [0.4, 0.5) is 5.69 Å². The number of fused-ring (bicyclic) bond motifs is 1. The van der Waals surface area contributed by atoms with Crippen molar-refractivity contribution in [1.29, 1.82) is 0 Å². The van der Waals surface area contributed by atoms with Crippen molar-refractivity contribution >= 4 is 29.5 Å². The number of amides is 3. The lowest BCUT2D eigenvalue weighted by atomic mass is 10.1. The third-order valence-electron chi connectivity index (χ3n) is 4.13. The van der Waals surface area contributed by atoms with Crippen LogP contribution in [-0.2, 0) is 4.74 Å². The number of carbonyl (C=O) groups excluding carboxylic acids is 3. The molecule has 1 heterocycles. The van der Waals surface area contributed by atoms with E-state index in [1.165, 1.54) is 25.3 Å². The number of hydrogen-bond donors (Lipinski definition) is 1. The van der Waals surface area contributed by atoms with Crippen LogP contribution in [0.15, 0.2) is 49.0 Å². The summed E-state index contributed by atoms with van der Waals surface area (Å²) >= 11 is 0. The highest BCUT2D eigenvalue weighted by atomic mass is 16.5. The van der Waals surface area contributed by atoms with Gasteiger partial charge in [0.05, 0.1) is 24.3 Å². The van der Waals surface area contributed by atoms with Crippen molar-refractivity contribution in [1.82, 2.24) is 4.90 Å². The molecule has 1 N–H and O–H groups in total. The number of anilines is 1. The van der Waals surface area contributed by atoms with Crippen molar-refractivity contribution in [2.75, 3.05) is 25.6 Å². The van der Waals surface area contributed by atoms with E-state index in [1.54, 1.807) is 18.2 Å². The van der Waals surface area contributed by atoms with Crippen LogP contribution < -0.4 is 5.32 Å². The Hall–Kier alpha value is -3.25. The van der Waals surface area contributed by atoms with Gasteiger partial charge >= 0.3 is 0 Å². The number of imide groups is 1. The fraction of sp³-hybridized carbons (Fsp3) is 0.150. The summed E-state index contributed by atoms with van der Waals surface area (Å²) in [6.07, 6.45) is 1.68. The molecule has 0 aromatic heterocycles. The van der Waals surface area contributed by atoms with E-state index in [4.69, 9.17) is 4.74 Å². The maximum Gasteiger partial charge on any atom is 0.261 e. The SMILES string of the molecule is C=Cc1cccc(NC(=O)c2ccc3c(c2)C(=O)N(CCOC)C3=O)c1. The first kappa shape index (κ1) is 17.6. The molecule has 0 saturated carbocycles. The topological polar surface area (TPSA) is 75.7 Å². The molecule has 26 heavy (non-hydrogen) atoms. The fourth-order valence-corrected chi connectivity index (χ4v) is 2.76. The Balaban J connectivity index is 1.82. The highest BCUT2D eigenvalue weighted by Crippen LogP contribution is 2.24. The molecule has 1 aliphatic rings. The number of nitrogens with one attached hydrogen (secondary N) is 1. The molecule has 0 unspecified atom stereocenters. The summed E-state index contributed by atoms with van der Waals surface area (Å²) in [5, 5.41) is 2.78. The first-order chi connectivity index (χ1) is 12.5. The molecule has 0 spiro atoms. The minimum atomic E-state index is -0.412. The van der Waals surface area contributed by atoms with E-state index in [9.17, 15) is 14.4 Å². The zero-order valence-corrected chi connectivity index (χ0v) is 14.3. The minimum absolute atomic E-state index is 0.179. The van der Waals surface area contributed by atoms with Gasteiger partial charge in [-0.25, -0.2) is 0 Å². The summed E-state index contributed by atoms with van der Waals surface area (Å²) < 4.78 is 4.93. The maximum absolute atomic E-state index is 12.5. The van der Waals surface area contributed by atoms with Crippen molar-refractivity contribution in [3.05, 3.63) is 71.3 Å². The normalized spacial score (nSPS) is 12.9. The quantitative estimate of drug-likeness (QED) is 0.813. The number of nitrogens with zero attached hydrogens (tertiary/aromatic N) is 1. The average molecular weight is 350 g/mol. The Morgan fingerprint density at radius 3 is 2.65 bits per heavy atom. The lowest BCUT2D eigenvalue weighted by Gasteiger charge is -2.12. The van der Waals surface area contributed by atoms with Gasteiger partial charge in [0.1, 0.15) is 0 Å². The first-order valence-corrected chi connectivity index (χ1v) is 8.08. The Morgan fingerprint density at radius 1 is 1.15 bits per heavy atom. The van der Waals surface area contributed by atoms with Gasteiger partial charge in [0, 0.05) is 18.4 Å². The van der Waals surface area contributed by atoms with Gasteiger partial charge in [-0.1, -0.05) is 24.8 Å². The largest absolute Gasteiger partial charge is 0.383 e. The van der Waals surface area contributed by atoms with Crippen LogP contribution in [0.1, 0.15) is 36.6 Å². The standard InChI is InChI=1S/C20H18N2O4/c1-3-13-5-4-6-15(11-13)21-18(23)14-7-8-16-17(12-14)20(25)22(19(16)24)9-10-26-2/h3-8,11-12H,1,9-10H2,2H3,(H,21,23). The molecule has 0 bridgehead atoms. The van der Waals surface area contributed by atoms with E-state index in [2.05, 4.69) is 11.9 Å². The predicted molar refractivity (Wildman–Crippen MR) is 98.2 cm³/mol. The molecule has 0 saturated heterocycles. The summed E-state index contributed by atoms with van der Waals surface area (Å²) in [5.41, 5.74) is 2.35. The van der Waals surface area contributed by atoms with Crippen molar-refractivity contribution in [3.8, 4) is 0 Å². The fourth-order valence-electron chi connectivity index (χ4n) is 2.76. The number of methoxy groups -OCH3 is 1. The van der Waals surface area contributed by atoms with Gasteiger partial charge in [0.25, 0.3) is 17.7 Å². The molecule has 3 rings (SSSR count). The zero-order chi connectivity index (χ0) is 18.7. The van der Waals surface area contributed by atoms with Crippen molar-refractivity contribution in [2.45, 2.75) is 0 Å². The lowest BCUT2D eigenvalue weighted by molar-refractivity contribution is 0.0603. The summed E-state index contributed by atoms with van der Waals surface area (Å²) in [6.45, 7) is 4.14. The van der Waals surface area contributed by atoms with Gasteiger partial charge in [0.2, 0.25) is 0 Å². The van der Waals surface area contributed by atoms with Crippen LogP contribution in [-0.4, -0.2) is 42.9 Å². The van der Waals surface area contributed by atoms with E-state index in [1.807, 2.05) is 12.1 Å². The van der Waals surface area contributed by atoms with Gasteiger partial charge in [-0.2, -0.15) is 0 Å². The Bertz CT molecular complexity index is 904. The molecule has 132 valence electrons. The number of hydrogen-bond acceptors (Lipinski definition) is 4. The number of carbonyl (C=O) groups is 3. The molecule has 3 amide bonds. The maximum atomic E-state index is 12.5. The van der Waals surface area contributed by atoms with Crippen LogP contribution in [0.3, 0.4) is 0 Å². The van der Waals surface area contributed by atoms with Crippen molar-refractivity contribution < 1.29 is 19.1 Å². The van der Waals surface area contributed by atoms with Crippen LogP contribution >= 0.6 is 0 Å². The van der Waals surface area contributed by atoms with E-state index >= 15 is 0 Å². The smallest absolute Gasteiger partial charge is 0.261 e.